The van der Waals surface area contributed by atoms with Crippen LogP contribution >= 0.6 is 0 Å². The average Bonchev–Trinajstić information content (AvgIpc) is 2.38. The van der Waals surface area contributed by atoms with Crippen molar-refractivity contribution < 1.29 is 23.9 Å². The standard InChI is InChI=1S/C16H21NO5/c1-5-21-14(19)13(10-18)11-7-6-8-12(9-11)17-15(20)22-16(2,3)4/h6-10,13H,5H2,1-4H3,(H,17,20). The topological polar surface area (TPSA) is 81.7 Å². The Morgan fingerprint density at radius 1 is 1.32 bits per heavy atom. The molecule has 22 heavy (non-hydrogen) atoms. The number of benzene rings is 1. The third-order valence-electron chi connectivity index (χ3n) is 2.57. The molecule has 6 heteroatoms. The minimum absolute atomic E-state index is 0.193. The number of aldehydes is 1. The fourth-order valence-corrected chi connectivity index (χ4v) is 1.73. The lowest BCUT2D eigenvalue weighted by molar-refractivity contribution is -0.146. The van der Waals surface area contributed by atoms with Crippen molar-refractivity contribution >= 4 is 24.0 Å². The fourth-order valence-electron chi connectivity index (χ4n) is 1.73. The van der Waals surface area contributed by atoms with Gasteiger partial charge in [0.1, 0.15) is 17.8 Å². The van der Waals surface area contributed by atoms with Gasteiger partial charge in [-0.05, 0) is 45.4 Å². The molecule has 1 N–H and O–H groups in total. The Labute approximate surface area is 129 Å². The number of amides is 1. The van der Waals surface area contributed by atoms with Crippen molar-refractivity contribution in [3.8, 4) is 0 Å². The second kappa shape index (κ2) is 7.59. The highest BCUT2D eigenvalue weighted by Crippen LogP contribution is 2.20. The number of hydrogen-bond donors (Lipinski definition) is 1. The number of anilines is 1. The van der Waals surface area contributed by atoms with E-state index in [9.17, 15) is 14.4 Å². The van der Waals surface area contributed by atoms with Crippen molar-refractivity contribution in [1.82, 2.24) is 0 Å². The Kier molecular flexibility index (Phi) is 6.10. The molecule has 0 fully saturated rings. The summed E-state index contributed by atoms with van der Waals surface area (Å²) in [7, 11) is 0. The molecule has 0 aliphatic carbocycles. The van der Waals surface area contributed by atoms with E-state index in [1.54, 1.807) is 52.0 Å². The van der Waals surface area contributed by atoms with E-state index in [0.29, 0.717) is 17.5 Å². The molecule has 120 valence electrons. The molecule has 1 atom stereocenters. The molecule has 0 radical (unpaired) electrons. The van der Waals surface area contributed by atoms with Gasteiger partial charge in [0, 0.05) is 5.69 Å². The van der Waals surface area contributed by atoms with Gasteiger partial charge in [0.05, 0.1) is 6.61 Å². The summed E-state index contributed by atoms with van der Waals surface area (Å²) in [4.78, 5) is 34.6. The van der Waals surface area contributed by atoms with Gasteiger partial charge >= 0.3 is 12.1 Å². The van der Waals surface area contributed by atoms with Gasteiger partial charge in [-0.1, -0.05) is 12.1 Å². The molecule has 0 aliphatic heterocycles. The first kappa shape index (κ1) is 17.7. The van der Waals surface area contributed by atoms with E-state index in [1.165, 1.54) is 0 Å². The SMILES string of the molecule is CCOC(=O)C(C=O)c1cccc(NC(=O)OC(C)(C)C)c1. The molecule has 0 aromatic heterocycles. The van der Waals surface area contributed by atoms with Crippen LogP contribution in [0.4, 0.5) is 10.5 Å². The molecule has 1 aromatic carbocycles. The van der Waals surface area contributed by atoms with Crippen molar-refractivity contribution in [2.24, 2.45) is 0 Å². The zero-order chi connectivity index (χ0) is 16.8. The van der Waals surface area contributed by atoms with Crippen LogP contribution in [0, 0.1) is 0 Å². The number of hydrogen-bond acceptors (Lipinski definition) is 5. The lowest BCUT2D eigenvalue weighted by Gasteiger charge is -2.20. The summed E-state index contributed by atoms with van der Waals surface area (Å²) in [5.41, 5.74) is 0.266. The molecular formula is C16H21NO5. The number of ether oxygens (including phenoxy) is 2. The van der Waals surface area contributed by atoms with Crippen LogP contribution in [-0.4, -0.2) is 30.6 Å². The zero-order valence-corrected chi connectivity index (χ0v) is 13.2. The van der Waals surface area contributed by atoms with E-state index in [1.807, 2.05) is 0 Å². The second-order valence-corrected chi connectivity index (χ2v) is 5.62. The van der Waals surface area contributed by atoms with Crippen molar-refractivity contribution in [2.75, 3.05) is 11.9 Å². The van der Waals surface area contributed by atoms with Crippen LogP contribution in [0.25, 0.3) is 0 Å². The van der Waals surface area contributed by atoms with Gasteiger partial charge in [-0.15, -0.1) is 0 Å². The van der Waals surface area contributed by atoms with E-state index in [2.05, 4.69) is 5.32 Å². The molecule has 0 heterocycles. The van der Waals surface area contributed by atoms with Crippen molar-refractivity contribution in [2.45, 2.75) is 39.2 Å². The molecular weight excluding hydrogens is 286 g/mol. The second-order valence-electron chi connectivity index (χ2n) is 5.62. The van der Waals surface area contributed by atoms with Gasteiger partial charge in [-0.2, -0.15) is 0 Å². The number of rotatable bonds is 5. The molecule has 0 spiro atoms. The maximum atomic E-state index is 11.7. The molecule has 1 aromatic rings. The molecule has 1 unspecified atom stereocenters. The summed E-state index contributed by atoms with van der Waals surface area (Å²) in [6.45, 7) is 7.13. The summed E-state index contributed by atoms with van der Waals surface area (Å²) in [6.07, 6.45) is -0.0895. The van der Waals surface area contributed by atoms with Crippen molar-refractivity contribution in [3.63, 3.8) is 0 Å². The monoisotopic (exact) mass is 307 g/mol. The maximum Gasteiger partial charge on any atom is 0.412 e. The zero-order valence-electron chi connectivity index (χ0n) is 13.2. The molecule has 0 saturated carbocycles. The first-order chi connectivity index (χ1) is 10.3. The van der Waals surface area contributed by atoms with E-state index < -0.39 is 23.6 Å². The normalized spacial score (nSPS) is 12.2. The smallest absolute Gasteiger partial charge is 0.412 e. The minimum atomic E-state index is -1.01. The predicted octanol–water partition coefficient (Wildman–Crippen LogP) is 2.88. The highest BCUT2D eigenvalue weighted by atomic mass is 16.6. The molecule has 6 nitrogen and oxygen atoms in total. The Balaban J connectivity index is 2.87. The quantitative estimate of drug-likeness (QED) is 0.514. The van der Waals surface area contributed by atoms with Gasteiger partial charge in [-0.3, -0.25) is 10.1 Å². The lowest BCUT2D eigenvalue weighted by Crippen LogP contribution is -2.27. The largest absolute Gasteiger partial charge is 0.465 e. The fraction of sp³-hybridized carbons (Fsp3) is 0.438. The number of nitrogens with one attached hydrogen (secondary N) is 1. The summed E-state index contributed by atoms with van der Waals surface area (Å²) in [5.74, 6) is -1.63. The van der Waals surface area contributed by atoms with Crippen LogP contribution in [0.15, 0.2) is 24.3 Å². The van der Waals surface area contributed by atoms with E-state index in [-0.39, 0.29) is 6.61 Å². The number of carbonyl (C=O) groups is 3. The summed E-state index contributed by atoms with van der Waals surface area (Å²) in [6, 6.07) is 6.44. The Morgan fingerprint density at radius 2 is 2.00 bits per heavy atom. The van der Waals surface area contributed by atoms with Crippen LogP contribution in [0.1, 0.15) is 39.2 Å². The van der Waals surface area contributed by atoms with Crippen LogP contribution in [0.3, 0.4) is 0 Å². The lowest BCUT2D eigenvalue weighted by atomic mass is 10.0. The molecule has 0 aliphatic rings. The average molecular weight is 307 g/mol. The van der Waals surface area contributed by atoms with Gasteiger partial charge in [-0.25, -0.2) is 4.79 Å². The Hall–Kier alpha value is -2.37. The summed E-state index contributed by atoms with van der Waals surface area (Å²) in [5, 5.41) is 2.56. The van der Waals surface area contributed by atoms with Gasteiger partial charge in [0.15, 0.2) is 0 Å². The van der Waals surface area contributed by atoms with Crippen LogP contribution < -0.4 is 5.32 Å². The van der Waals surface area contributed by atoms with Crippen LogP contribution in [0.5, 0.6) is 0 Å². The van der Waals surface area contributed by atoms with Gasteiger partial charge in [0.2, 0.25) is 0 Å². The summed E-state index contributed by atoms with van der Waals surface area (Å²) < 4.78 is 10.00. The van der Waals surface area contributed by atoms with E-state index >= 15 is 0 Å². The predicted molar refractivity (Wildman–Crippen MR) is 81.7 cm³/mol. The van der Waals surface area contributed by atoms with Gasteiger partial charge in [0.25, 0.3) is 0 Å². The summed E-state index contributed by atoms with van der Waals surface area (Å²) >= 11 is 0. The van der Waals surface area contributed by atoms with Crippen LogP contribution in [0.2, 0.25) is 0 Å². The third-order valence-corrected chi connectivity index (χ3v) is 2.57. The van der Waals surface area contributed by atoms with Crippen molar-refractivity contribution in [3.05, 3.63) is 29.8 Å². The first-order valence-corrected chi connectivity index (χ1v) is 6.98. The molecule has 0 saturated heterocycles. The third kappa shape index (κ3) is 5.55. The number of carbonyl (C=O) groups excluding carboxylic acids is 3. The van der Waals surface area contributed by atoms with E-state index in [0.717, 1.165) is 0 Å². The first-order valence-electron chi connectivity index (χ1n) is 6.98. The highest BCUT2D eigenvalue weighted by Gasteiger charge is 2.22. The molecule has 1 amide bonds. The molecule has 1 rings (SSSR count). The van der Waals surface area contributed by atoms with E-state index in [4.69, 9.17) is 9.47 Å². The molecule has 0 bridgehead atoms. The highest BCUT2D eigenvalue weighted by molar-refractivity contribution is 5.94. The number of esters is 1. The van der Waals surface area contributed by atoms with Crippen molar-refractivity contribution in [1.29, 1.82) is 0 Å². The Morgan fingerprint density at radius 3 is 2.55 bits per heavy atom. The Bertz CT molecular complexity index is 548. The maximum absolute atomic E-state index is 11.7. The van der Waals surface area contributed by atoms with Crippen LogP contribution in [-0.2, 0) is 19.1 Å². The minimum Gasteiger partial charge on any atom is -0.465 e. The van der Waals surface area contributed by atoms with Gasteiger partial charge < -0.3 is 14.3 Å².